The molecule has 0 aliphatic rings. The molecule has 0 unspecified atom stereocenters. The summed E-state index contributed by atoms with van der Waals surface area (Å²) in [4.78, 5) is 0. The van der Waals surface area contributed by atoms with Gasteiger partial charge in [-0.25, -0.2) is 0 Å². The highest BCUT2D eigenvalue weighted by Crippen LogP contribution is 2.40. The lowest BCUT2D eigenvalue weighted by Crippen LogP contribution is -1.90. The number of nitrogens with zero attached hydrogens (tertiary/aromatic N) is 1. The number of anilines is 1. The molecule has 0 aliphatic heterocycles. The topological polar surface area (TPSA) is 54.7 Å². The molecule has 3 nitrogen and oxygen atoms in total. The van der Waals surface area contributed by atoms with Crippen LogP contribution < -0.4 is 5.73 Å². The number of nitrogens with one attached hydrogen (secondary N) is 1. The SMILES string of the molecule is Nc1n[nH]c(-c2ccc(Br)cc2Cl)c1-c1ccccc1Br. The second-order valence-corrected chi connectivity index (χ2v) is 6.64. The van der Waals surface area contributed by atoms with Gasteiger partial charge in [0, 0.05) is 20.1 Å². The molecule has 0 aliphatic carbocycles. The van der Waals surface area contributed by atoms with E-state index in [4.69, 9.17) is 17.3 Å². The number of halogens is 3. The number of hydrogen-bond acceptors (Lipinski definition) is 2. The van der Waals surface area contributed by atoms with Gasteiger partial charge in [-0.15, -0.1) is 0 Å². The van der Waals surface area contributed by atoms with E-state index in [1.54, 1.807) is 0 Å². The fourth-order valence-corrected chi connectivity index (χ4v) is 3.43. The third-order valence-corrected chi connectivity index (χ3v) is 4.64. The quantitative estimate of drug-likeness (QED) is 0.567. The maximum atomic E-state index is 6.34. The van der Waals surface area contributed by atoms with Gasteiger partial charge in [-0.05, 0) is 18.2 Å². The fraction of sp³-hybridized carbons (Fsp3) is 0. The zero-order valence-electron chi connectivity index (χ0n) is 10.7. The Balaban J connectivity index is 2.25. The highest BCUT2D eigenvalue weighted by molar-refractivity contribution is 9.10. The van der Waals surface area contributed by atoms with Crippen LogP contribution in [0.1, 0.15) is 0 Å². The smallest absolute Gasteiger partial charge is 0.153 e. The van der Waals surface area contributed by atoms with Crippen LogP contribution in [0.25, 0.3) is 22.4 Å². The predicted molar refractivity (Wildman–Crippen MR) is 94.3 cm³/mol. The largest absolute Gasteiger partial charge is 0.382 e. The zero-order valence-corrected chi connectivity index (χ0v) is 14.6. The van der Waals surface area contributed by atoms with Crippen LogP contribution in [-0.2, 0) is 0 Å². The first-order valence-corrected chi connectivity index (χ1v) is 8.08. The van der Waals surface area contributed by atoms with E-state index in [2.05, 4.69) is 42.1 Å². The second kappa shape index (κ2) is 5.83. The second-order valence-electron chi connectivity index (χ2n) is 4.46. The first-order chi connectivity index (χ1) is 10.1. The predicted octanol–water partition coefficient (Wildman–Crippen LogP) is 5.50. The molecule has 3 aromatic rings. The van der Waals surface area contributed by atoms with Crippen molar-refractivity contribution in [3.8, 4) is 22.4 Å². The summed E-state index contributed by atoms with van der Waals surface area (Å²) in [5.74, 6) is 0.441. The third-order valence-electron chi connectivity index (χ3n) is 3.14. The molecule has 0 spiro atoms. The molecule has 1 heterocycles. The summed E-state index contributed by atoms with van der Waals surface area (Å²) in [5.41, 5.74) is 9.51. The molecule has 0 bridgehead atoms. The maximum Gasteiger partial charge on any atom is 0.153 e. The van der Waals surface area contributed by atoms with Crippen LogP contribution >= 0.6 is 43.5 Å². The molecular weight excluding hydrogens is 417 g/mol. The summed E-state index contributed by atoms with van der Waals surface area (Å²) in [7, 11) is 0. The minimum absolute atomic E-state index is 0.441. The lowest BCUT2D eigenvalue weighted by Gasteiger charge is -2.08. The van der Waals surface area contributed by atoms with Gasteiger partial charge in [-0.3, -0.25) is 5.10 Å². The number of nitrogens with two attached hydrogens (primary N) is 1. The van der Waals surface area contributed by atoms with E-state index in [-0.39, 0.29) is 0 Å². The van der Waals surface area contributed by atoms with Crippen molar-refractivity contribution in [3.05, 3.63) is 56.4 Å². The van der Waals surface area contributed by atoms with Crippen LogP contribution in [0.2, 0.25) is 5.02 Å². The van der Waals surface area contributed by atoms with Crippen LogP contribution in [0.4, 0.5) is 5.82 Å². The molecule has 0 radical (unpaired) electrons. The number of hydrogen-bond donors (Lipinski definition) is 2. The van der Waals surface area contributed by atoms with E-state index < -0.39 is 0 Å². The molecular formula is C15H10Br2ClN3. The van der Waals surface area contributed by atoms with Gasteiger partial charge in [0.15, 0.2) is 5.82 Å². The summed E-state index contributed by atoms with van der Waals surface area (Å²) in [5, 5.41) is 7.74. The molecule has 1 aromatic heterocycles. The van der Waals surface area contributed by atoms with Gasteiger partial charge in [0.2, 0.25) is 0 Å². The monoisotopic (exact) mass is 425 g/mol. The van der Waals surface area contributed by atoms with Gasteiger partial charge >= 0.3 is 0 Å². The Morgan fingerprint density at radius 1 is 1.05 bits per heavy atom. The number of aromatic amines is 1. The van der Waals surface area contributed by atoms with Gasteiger partial charge in [0.1, 0.15) is 0 Å². The van der Waals surface area contributed by atoms with Gasteiger partial charge in [0.05, 0.1) is 16.3 Å². The Bertz CT molecular complexity index is 814. The van der Waals surface area contributed by atoms with Crippen molar-refractivity contribution in [3.63, 3.8) is 0 Å². The summed E-state index contributed by atoms with van der Waals surface area (Å²) in [6, 6.07) is 13.6. The maximum absolute atomic E-state index is 6.34. The number of nitrogen functional groups attached to an aromatic ring is 1. The Morgan fingerprint density at radius 3 is 2.52 bits per heavy atom. The van der Waals surface area contributed by atoms with Crippen molar-refractivity contribution < 1.29 is 0 Å². The normalized spacial score (nSPS) is 10.8. The standard InChI is InChI=1S/C15H10Br2ClN3/c16-8-5-6-10(12(18)7-8)14-13(15(19)21-20-14)9-3-1-2-4-11(9)17/h1-7H,(H3,19,20,21). The Hall–Kier alpha value is -1.30. The van der Waals surface area contributed by atoms with E-state index >= 15 is 0 Å². The van der Waals surface area contributed by atoms with E-state index in [0.717, 1.165) is 31.3 Å². The minimum atomic E-state index is 0.441. The summed E-state index contributed by atoms with van der Waals surface area (Å²) in [6.45, 7) is 0. The number of benzene rings is 2. The van der Waals surface area contributed by atoms with Crippen LogP contribution in [-0.4, -0.2) is 10.2 Å². The van der Waals surface area contributed by atoms with Gasteiger partial charge in [-0.1, -0.05) is 67.7 Å². The Kier molecular flexibility index (Phi) is 4.06. The fourth-order valence-electron chi connectivity index (χ4n) is 2.18. The molecule has 0 atom stereocenters. The summed E-state index contributed by atoms with van der Waals surface area (Å²) >= 11 is 13.3. The van der Waals surface area contributed by atoms with Crippen molar-refractivity contribution in [1.29, 1.82) is 0 Å². The van der Waals surface area contributed by atoms with E-state index in [1.807, 2.05) is 42.5 Å². The van der Waals surface area contributed by atoms with Crippen LogP contribution in [0.15, 0.2) is 51.4 Å². The zero-order chi connectivity index (χ0) is 15.0. The van der Waals surface area contributed by atoms with Crippen LogP contribution in [0.5, 0.6) is 0 Å². The van der Waals surface area contributed by atoms with Crippen LogP contribution in [0, 0.1) is 0 Å². The van der Waals surface area contributed by atoms with Gasteiger partial charge < -0.3 is 5.73 Å². The minimum Gasteiger partial charge on any atom is -0.382 e. The third kappa shape index (κ3) is 2.73. The molecule has 3 N–H and O–H groups in total. The van der Waals surface area contributed by atoms with Crippen molar-refractivity contribution in [2.45, 2.75) is 0 Å². The lowest BCUT2D eigenvalue weighted by molar-refractivity contribution is 1.10. The van der Waals surface area contributed by atoms with Crippen molar-refractivity contribution in [2.75, 3.05) is 5.73 Å². The van der Waals surface area contributed by atoms with Crippen molar-refractivity contribution >= 4 is 49.3 Å². The summed E-state index contributed by atoms with van der Waals surface area (Å²) in [6.07, 6.45) is 0. The molecule has 2 aromatic carbocycles. The van der Waals surface area contributed by atoms with Gasteiger partial charge in [0.25, 0.3) is 0 Å². The lowest BCUT2D eigenvalue weighted by atomic mass is 10.0. The number of aromatic nitrogens is 2. The molecule has 21 heavy (non-hydrogen) atoms. The average Bonchev–Trinajstić information content (AvgIpc) is 2.81. The molecule has 0 fully saturated rings. The van der Waals surface area contributed by atoms with Crippen molar-refractivity contribution in [1.82, 2.24) is 10.2 Å². The molecule has 0 saturated carbocycles. The average molecular weight is 428 g/mol. The first-order valence-electron chi connectivity index (χ1n) is 6.12. The highest BCUT2D eigenvalue weighted by atomic mass is 79.9. The number of H-pyrrole nitrogens is 1. The highest BCUT2D eigenvalue weighted by Gasteiger charge is 2.18. The molecule has 0 amide bonds. The first kappa shape index (κ1) is 14.6. The summed E-state index contributed by atoms with van der Waals surface area (Å²) < 4.78 is 1.87. The number of rotatable bonds is 2. The van der Waals surface area contributed by atoms with E-state index in [0.29, 0.717) is 10.8 Å². The molecule has 6 heteroatoms. The van der Waals surface area contributed by atoms with E-state index in [1.165, 1.54) is 0 Å². The molecule has 0 saturated heterocycles. The van der Waals surface area contributed by atoms with Crippen molar-refractivity contribution in [2.24, 2.45) is 0 Å². The van der Waals surface area contributed by atoms with E-state index in [9.17, 15) is 0 Å². The van der Waals surface area contributed by atoms with Gasteiger partial charge in [-0.2, -0.15) is 5.10 Å². The molecule has 106 valence electrons. The molecule has 3 rings (SSSR count). The Labute approximate surface area is 143 Å². The van der Waals surface area contributed by atoms with Crippen LogP contribution in [0.3, 0.4) is 0 Å². The Morgan fingerprint density at radius 2 is 1.81 bits per heavy atom.